The Hall–Kier alpha value is -1.59. The van der Waals surface area contributed by atoms with E-state index in [4.69, 9.17) is 4.74 Å². The molecule has 0 radical (unpaired) electrons. The minimum absolute atomic E-state index is 0.0525. The van der Waals surface area contributed by atoms with E-state index in [0.29, 0.717) is 24.5 Å². The van der Waals surface area contributed by atoms with Gasteiger partial charge in [0.1, 0.15) is 0 Å². The summed E-state index contributed by atoms with van der Waals surface area (Å²) in [6.07, 6.45) is 2.14. The van der Waals surface area contributed by atoms with Crippen molar-refractivity contribution < 1.29 is 4.74 Å². The number of rotatable bonds is 8. The molecule has 19 heavy (non-hydrogen) atoms. The lowest BCUT2D eigenvalue weighted by atomic mass is 9.99. The fraction of sp³-hybridized carbons (Fsp3) is 0.769. The van der Waals surface area contributed by atoms with Crippen LogP contribution in [-0.2, 0) is 0 Å². The second-order valence-corrected chi connectivity index (χ2v) is 4.99. The van der Waals surface area contributed by atoms with E-state index in [-0.39, 0.29) is 5.54 Å². The number of aromatic nitrogens is 3. The van der Waals surface area contributed by atoms with Gasteiger partial charge in [-0.15, -0.1) is 0 Å². The summed E-state index contributed by atoms with van der Waals surface area (Å²) >= 11 is 0. The molecule has 6 nitrogen and oxygen atoms in total. The lowest BCUT2D eigenvalue weighted by Gasteiger charge is -2.25. The normalized spacial score (nSPS) is 11.2. The molecular weight excluding hydrogens is 242 g/mol. The molecule has 0 bridgehead atoms. The second-order valence-electron chi connectivity index (χ2n) is 4.99. The van der Waals surface area contributed by atoms with Crippen LogP contribution in [0.5, 0.6) is 6.01 Å². The van der Waals surface area contributed by atoms with Crippen LogP contribution in [0.4, 0.5) is 11.9 Å². The van der Waals surface area contributed by atoms with Crippen LogP contribution in [0.2, 0.25) is 0 Å². The predicted octanol–water partition coefficient (Wildman–Crippen LogP) is 2.69. The SMILES string of the molecule is CCCC(C)(C)Nc1nc(NCC)nc(OCC)n1. The lowest BCUT2D eigenvalue weighted by molar-refractivity contribution is 0.312. The van der Waals surface area contributed by atoms with Crippen LogP contribution in [0.3, 0.4) is 0 Å². The van der Waals surface area contributed by atoms with Crippen LogP contribution in [-0.4, -0.2) is 33.6 Å². The van der Waals surface area contributed by atoms with Gasteiger partial charge in [-0.3, -0.25) is 0 Å². The summed E-state index contributed by atoms with van der Waals surface area (Å²) in [5, 5.41) is 6.42. The second kappa shape index (κ2) is 7.11. The summed E-state index contributed by atoms with van der Waals surface area (Å²) in [5.41, 5.74) is -0.0525. The van der Waals surface area contributed by atoms with Gasteiger partial charge < -0.3 is 15.4 Å². The van der Waals surface area contributed by atoms with Gasteiger partial charge in [0.15, 0.2) is 0 Å². The third kappa shape index (κ3) is 5.28. The fourth-order valence-electron chi connectivity index (χ4n) is 1.83. The summed E-state index contributed by atoms with van der Waals surface area (Å²) in [6.45, 7) is 11.6. The van der Waals surface area contributed by atoms with E-state index < -0.39 is 0 Å². The van der Waals surface area contributed by atoms with Gasteiger partial charge in [0, 0.05) is 12.1 Å². The average Bonchev–Trinajstić information content (AvgIpc) is 2.28. The highest BCUT2D eigenvalue weighted by atomic mass is 16.5. The molecule has 0 unspecified atom stereocenters. The monoisotopic (exact) mass is 267 g/mol. The third-order valence-corrected chi connectivity index (χ3v) is 2.55. The molecule has 0 aliphatic carbocycles. The molecule has 1 aromatic heterocycles. The van der Waals surface area contributed by atoms with E-state index in [9.17, 15) is 0 Å². The first-order valence-corrected chi connectivity index (χ1v) is 6.91. The summed E-state index contributed by atoms with van der Waals surface area (Å²) in [6, 6.07) is 0.350. The highest BCUT2D eigenvalue weighted by Crippen LogP contribution is 2.19. The van der Waals surface area contributed by atoms with Crippen LogP contribution >= 0.6 is 0 Å². The van der Waals surface area contributed by atoms with Crippen molar-refractivity contribution in [2.24, 2.45) is 0 Å². The highest BCUT2D eigenvalue weighted by molar-refractivity contribution is 5.37. The van der Waals surface area contributed by atoms with E-state index in [1.54, 1.807) is 0 Å². The van der Waals surface area contributed by atoms with Crippen molar-refractivity contribution in [3.05, 3.63) is 0 Å². The van der Waals surface area contributed by atoms with Crippen LogP contribution in [0, 0.1) is 0 Å². The molecule has 0 saturated heterocycles. The summed E-state index contributed by atoms with van der Waals surface area (Å²) in [5.74, 6) is 1.09. The molecule has 0 aromatic carbocycles. The first-order valence-electron chi connectivity index (χ1n) is 6.91. The van der Waals surface area contributed by atoms with Crippen molar-refractivity contribution in [1.82, 2.24) is 15.0 Å². The predicted molar refractivity (Wildman–Crippen MR) is 77.8 cm³/mol. The summed E-state index contributed by atoms with van der Waals surface area (Å²) < 4.78 is 5.37. The molecule has 108 valence electrons. The van der Waals surface area contributed by atoms with Gasteiger partial charge in [0.2, 0.25) is 11.9 Å². The van der Waals surface area contributed by atoms with Gasteiger partial charge in [-0.25, -0.2) is 0 Å². The number of nitrogens with one attached hydrogen (secondary N) is 2. The zero-order chi connectivity index (χ0) is 14.3. The molecule has 0 aliphatic rings. The van der Waals surface area contributed by atoms with Crippen molar-refractivity contribution in [2.75, 3.05) is 23.8 Å². The zero-order valence-corrected chi connectivity index (χ0v) is 12.6. The van der Waals surface area contributed by atoms with E-state index in [1.807, 2.05) is 13.8 Å². The smallest absolute Gasteiger partial charge is 0.323 e. The van der Waals surface area contributed by atoms with Crippen LogP contribution in [0.15, 0.2) is 0 Å². The molecule has 0 atom stereocenters. The quantitative estimate of drug-likeness (QED) is 0.754. The highest BCUT2D eigenvalue weighted by Gasteiger charge is 2.18. The van der Waals surface area contributed by atoms with E-state index >= 15 is 0 Å². The molecular formula is C13H25N5O. The minimum atomic E-state index is -0.0525. The van der Waals surface area contributed by atoms with Gasteiger partial charge in [-0.05, 0) is 34.1 Å². The molecule has 0 amide bonds. The Balaban J connectivity index is 2.91. The summed E-state index contributed by atoms with van der Waals surface area (Å²) in [4.78, 5) is 12.8. The molecule has 6 heteroatoms. The standard InChI is InChI=1S/C13H25N5O/c1-6-9-13(4,5)18-11-15-10(14-7-2)16-12(17-11)19-8-3/h6-9H2,1-5H3,(H2,14,15,16,17,18). The van der Waals surface area contributed by atoms with Gasteiger partial charge in [-0.2, -0.15) is 15.0 Å². The number of ether oxygens (including phenoxy) is 1. The molecule has 0 fully saturated rings. The van der Waals surface area contributed by atoms with Crippen molar-refractivity contribution in [3.8, 4) is 6.01 Å². The van der Waals surface area contributed by atoms with Crippen molar-refractivity contribution >= 4 is 11.9 Å². The Bertz CT molecular complexity index is 370. The Morgan fingerprint density at radius 1 is 1.05 bits per heavy atom. The molecule has 0 saturated carbocycles. The number of anilines is 2. The number of hydrogen-bond donors (Lipinski definition) is 2. The minimum Gasteiger partial charge on any atom is -0.464 e. The van der Waals surface area contributed by atoms with Crippen molar-refractivity contribution in [2.45, 2.75) is 53.0 Å². The average molecular weight is 267 g/mol. The first kappa shape index (κ1) is 15.5. The Morgan fingerprint density at radius 3 is 2.32 bits per heavy atom. The van der Waals surface area contributed by atoms with Gasteiger partial charge >= 0.3 is 6.01 Å². The Kier molecular flexibility index (Phi) is 5.79. The maximum atomic E-state index is 5.37. The van der Waals surface area contributed by atoms with E-state index in [2.05, 4.69) is 46.4 Å². The van der Waals surface area contributed by atoms with Gasteiger partial charge in [0.25, 0.3) is 0 Å². The topological polar surface area (TPSA) is 72.0 Å². The Labute approximate surface area is 115 Å². The Morgan fingerprint density at radius 2 is 1.74 bits per heavy atom. The number of nitrogens with zero attached hydrogens (tertiary/aromatic N) is 3. The lowest BCUT2D eigenvalue weighted by Crippen LogP contribution is -2.31. The molecule has 1 heterocycles. The van der Waals surface area contributed by atoms with E-state index in [1.165, 1.54) is 0 Å². The van der Waals surface area contributed by atoms with Crippen LogP contribution in [0.1, 0.15) is 47.5 Å². The summed E-state index contributed by atoms with van der Waals surface area (Å²) in [7, 11) is 0. The maximum Gasteiger partial charge on any atom is 0.323 e. The molecule has 1 aromatic rings. The molecule has 2 N–H and O–H groups in total. The number of hydrogen-bond acceptors (Lipinski definition) is 6. The molecule has 0 spiro atoms. The van der Waals surface area contributed by atoms with Gasteiger partial charge in [0.05, 0.1) is 6.61 Å². The van der Waals surface area contributed by atoms with Crippen molar-refractivity contribution in [3.63, 3.8) is 0 Å². The van der Waals surface area contributed by atoms with Gasteiger partial charge in [-0.1, -0.05) is 13.3 Å². The van der Waals surface area contributed by atoms with E-state index in [0.717, 1.165) is 19.4 Å². The largest absolute Gasteiger partial charge is 0.464 e. The maximum absolute atomic E-state index is 5.37. The molecule has 1 rings (SSSR count). The van der Waals surface area contributed by atoms with Crippen LogP contribution < -0.4 is 15.4 Å². The van der Waals surface area contributed by atoms with Crippen LogP contribution in [0.25, 0.3) is 0 Å². The third-order valence-electron chi connectivity index (χ3n) is 2.55. The van der Waals surface area contributed by atoms with Crippen molar-refractivity contribution in [1.29, 1.82) is 0 Å². The molecule has 0 aliphatic heterocycles. The zero-order valence-electron chi connectivity index (χ0n) is 12.6. The fourth-order valence-corrected chi connectivity index (χ4v) is 1.83. The first-order chi connectivity index (χ1) is 9.00.